The Balaban J connectivity index is 2.21. The largest absolute Gasteiger partial charge is 0.237 e. The fraction of sp³-hybridized carbons (Fsp3) is 0.200. The Morgan fingerprint density at radius 1 is 0.812 bits per heavy atom. The van der Waals surface area contributed by atoms with Gasteiger partial charge in [-0.2, -0.15) is 0 Å². The van der Waals surface area contributed by atoms with Crippen LogP contribution in [0.25, 0.3) is 11.1 Å². The van der Waals surface area contributed by atoms with E-state index in [1.165, 1.54) is 22.3 Å². The zero-order valence-corrected chi connectivity index (χ0v) is 9.02. The predicted molar refractivity (Wildman–Crippen MR) is 63.9 cm³/mol. The number of fused-ring (bicyclic) bond motifs is 3. The zero-order chi connectivity index (χ0) is 11.0. The first-order valence-corrected chi connectivity index (χ1v) is 5.68. The van der Waals surface area contributed by atoms with E-state index in [1.807, 2.05) is 0 Å². The molecule has 2 aromatic rings. The summed E-state index contributed by atoms with van der Waals surface area (Å²) in [4.78, 5) is 0. The van der Waals surface area contributed by atoms with Gasteiger partial charge in [0, 0.05) is 5.92 Å². The van der Waals surface area contributed by atoms with Gasteiger partial charge in [-0.05, 0) is 28.7 Å². The monoisotopic (exact) mass is 209 g/mol. The second kappa shape index (κ2) is 3.76. The van der Waals surface area contributed by atoms with Crippen LogP contribution >= 0.6 is 0 Å². The van der Waals surface area contributed by atoms with Gasteiger partial charge in [-0.3, -0.25) is 0 Å². The molecule has 1 aliphatic rings. The minimum absolute atomic E-state index is 0.00661. The van der Waals surface area contributed by atoms with E-state index >= 15 is 0 Å². The molecule has 0 atom stereocenters. The summed E-state index contributed by atoms with van der Waals surface area (Å²) in [5.74, 6) is 0.310. The Bertz CT molecular complexity index is 471. The minimum atomic E-state index is -0.00661. The molecule has 0 amide bonds. The van der Waals surface area contributed by atoms with Crippen molar-refractivity contribution >= 4 is 0 Å². The highest BCUT2D eigenvalue weighted by atomic mass is 16.3. The van der Waals surface area contributed by atoms with Gasteiger partial charge in [-0.1, -0.05) is 48.5 Å². The van der Waals surface area contributed by atoms with Gasteiger partial charge in [0.2, 0.25) is 0 Å². The highest BCUT2D eigenvalue weighted by Crippen LogP contribution is 2.45. The Hall–Kier alpha value is -1.60. The van der Waals surface area contributed by atoms with Crippen molar-refractivity contribution < 1.29 is 5.11 Å². The number of hydrogen-bond acceptors (Lipinski definition) is 0. The van der Waals surface area contributed by atoms with Crippen molar-refractivity contribution in [2.24, 2.45) is 0 Å². The van der Waals surface area contributed by atoms with E-state index < -0.39 is 0 Å². The van der Waals surface area contributed by atoms with Gasteiger partial charge in [0.1, 0.15) is 0 Å². The standard InChI is InChI=1S/C15H13O/c16-10-9-15-13-7-3-1-5-11(13)12-6-2-4-8-14(12)15/h1-8,15H,9-10H2. The summed E-state index contributed by atoms with van der Waals surface area (Å²) in [6.07, 6.45) is 0.702. The molecule has 0 heterocycles. The predicted octanol–water partition coefficient (Wildman–Crippen LogP) is 3.62. The van der Waals surface area contributed by atoms with Crippen LogP contribution in [-0.4, -0.2) is 6.61 Å². The summed E-state index contributed by atoms with van der Waals surface area (Å²) in [6.45, 7) is -0.00661. The second-order valence-electron chi connectivity index (χ2n) is 4.22. The average Bonchev–Trinajstić information content (AvgIpc) is 2.66. The van der Waals surface area contributed by atoms with E-state index in [2.05, 4.69) is 48.5 Å². The molecule has 0 N–H and O–H groups in total. The van der Waals surface area contributed by atoms with Crippen LogP contribution in [0.5, 0.6) is 0 Å². The zero-order valence-electron chi connectivity index (χ0n) is 9.02. The first-order chi connectivity index (χ1) is 7.92. The molecule has 1 heteroatoms. The lowest BCUT2D eigenvalue weighted by Crippen LogP contribution is -1.98. The van der Waals surface area contributed by atoms with Crippen LogP contribution < -0.4 is 0 Å². The van der Waals surface area contributed by atoms with Crippen LogP contribution in [0.4, 0.5) is 0 Å². The lowest BCUT2D eigenvalue weighted by molar-refractivity contribution is 0.185. The fourth-order valence-corrected chi connectivity index (χ4v) is 2.69. The maximum absolute atomic E-state index is 10.9. The Labute approximate surface area is 95.4 Å². The number of benzene rings is 2. The highest BCUT2D eigenvalue weighted by Gasteiger charge is 2.27. The van der Waals surface area contributed by atoms with Crippen molar-refractivity contribution in [1.29, 1.82) is 0 Å². The van der Waals surface area contributed by atoms with Gasteiger partial charge in [0.15, 0.2) is 0 Å². The first-order valence-electron chi connectivity index (χ1n) is 5.68. The van der Waals surface area contributed by atoms with Crippen molar-refractivity contribution in [3.63, 3.8) is 0 Å². The fourth-order valence-electron chi connectivity index (χ4n) is 2.69. The summed E-state index contributed by atoms with van der Waals surface area (Å²) < 4.78 is 0. The molecule has 2 aromatic carbocycles. The third kappa shape index (κ3) is 1.29. The van der Waals surface area contributed by atoms with Gasteiger partial charge >= 0.3 is 0 Å². The molecule has 16 heavy (non-hydrogen) atoms. The van der Waals surface area contributed by atoms with Crippen LogP contribution in [-0.2, 0) is 5.11 Å². The summed E-state index contributed by atoms with van der Waals surface area (Å²) in [6, 6.07) is 16.8. The third-order valence-corrected chi connectivity index (χ3v) is 3.37. The maximum Gasteiger partial charge on any atom is 0.0831 e. The van der Waals surface area contributed by atoms with Crippen molar-refractivity contribution in [1.82, 2.24) is 0 Å². The van der Waals surface area contributed by atoms with Crippen LogP contribution in [0.2, 0.25) is 0 Å². The number of hydrogen-bond donors (Lipinski definition) is 0. The topological polar surface area (TPSA) is 19.9 Å². The molecule has 0 aromatic heterocycles. The Morgan fingerprint density at radius 3 is 1.81 bits per heavy atom. The van der Waals surface area contributed by atoms with Crippen molar-refractivity contribution in [3.05, 3.63) is 59.7 Å². The van der Waals surface area contributed by atoms with Crippen LogP contribution in [0.1, 0.15) is 23.5 Å². The Morgan fingerprint density at radius 2 is 1.31 bits per heavy atom. The maximum atomic E-state index is 10.9. The number of rotatable bonds is 2. The normalized spacial score (nSPS) is 13.6. The molecule has 0 unspecified atom stereocenters. The summed E-state index contributed by atoms with van der Waals surface area (Å²) in [5.41, 5.74) is 5.24. The summed E-state index contributed by atoms with van der Waals surface area (Å²) in [5, 5.41) is 10.9. The SMILES string of the molecule is [O]CCC1c2ccccc2-c2ccccc21. The molecule has 0 aliphatic heterocycles. The molecule has 1 aliphatic carbocycles. The lowest BCUT2D eigenvalue weighted by atomic mass is 9.94. The second-order valence-corrected chi connectivity index (χ2v) is 4.22. The first kappa shape index (κ1) is 9.61. The van der Waals surface area contributed by atoms with Crippen molar-refractivity contribution in [2.75, 3.05) is 6.61 Å². The van der Waals surface area contributed by atoms with E-state index in [0.29, 0.717) is 12.3 Å². The molecule has 0 saturated carbocycles. The van der Waals surface area contributed by atoms with Gasteiger partial charge in [-0.25, -0.2) is 5.11 Å². The molecule has 1 nitrogen and oxygen atoms in total. The van der Waals surface area contributed by atoms with E-state index in [0.717, 1.165) is 0 Å². The van der Waals surface area contributed by atoms with Crippen molar-refractivity contribution in [2.45, 2.75) is 12.3 Å². The van der Waals surface area contributed by atoms with Crippen molar-refractivity contribution in [3.8, 4) is 11.1 Å². The van der Waals surface area contributed by atoms with E-state index in [1.54, 1.807) is 0 Å². The lowest BCUT2D eigenvalue weighted by Gasteiger charge is -2.10. The van der Waals surface area contributed by atoms with Crippen LogP contribution in [0, 0.1) is 0 Å². The third-order valence-electron chi connectivity index (χ3n) is 3.37. The van der Waals surface area contributed by atoms with Gasteiger partial charge in [0.05, 0.1) is 6.61 Å². The average molecular weight is 209 g/mol. The molecular weight excluding hydrogens is 196 g/mol. The van der Waals surface area contributed by atoms with Crippen LogP contribution in [0.15, 0.2) is 48.5 Å². The van der Waals surface area contributed by atoms with E-state index in [9.17, 15) is 5.11 Å². The van der Waals surface area contributed by atoms with E-state index in [-0.39, 0.29) is 6.61 Å². The molecule has 0 saturated heterocycles. The molecule has 79 valence electrons. The summed E-state index contributed by atoms with van der Waals surface area (Å²) in [7, 11) is 0. The van der Waals surface area contributed by atoms with Gasteiger partial charge < -0.3 is 0 Å². The molecule has 3 rings (SSSR count). The Kier molecular flexibility index (Phi) is 2.26. The van der Waals surface area contributed by atoms with Gasteiger partial charge in [0.25, 0.3) is 0 Å². The molecule has 1 radical (unpaired) electrons. The highest BCUT2D eigenvalue weighted by molar-refractivity contribution is 5.78. The van der Waals surface area contributed by atoms with E-state index in [4.69, 9.17) is 0 Å². The minimum Gasteiger partial charge on any atom is -0.237 e. The molecular formula is C15H13O. The molecule has 0 spiro atoms. The summed E-state index contributed by atoms with van der Waals surface area (Å²) >= 11 is 0. The smallest absolute Gasteiger partial charge is 0.0831 e. The quantitative estimate of drug-likeness (QED) is 0.720. The van der Waals surface area contributed by atoms with Crippen LogP contribution in [0.3, 0.4) is 0 Å². The molecule has 0 fully saturated rings. The van der Waals surface area contributed by atoms with Gasteiger partial charge in [-0.15, -0.1) is 0 Å². The molecule has 0 bridgehead atoms.